The first-order valence-corrected chi connectivity index (χ1v) is 8.01. The Hall–Kier alpha value is -1.60. The Balaban J connectivity index is 1.89. The summed E-state index contributed by atoms with van der Waals surface area (Å²) in [5.41, 5.74) is 0.257. The van der Waals surface area contributed by atoms with Crippen LogP contribution in [0.4, 0.5) is 13.2 Å². The van der Waals surface area contributed by atoms with E-state index in [0.29, 0.717) is 19.7 Å². The number of rotatable bonds is 5. The standard InChI is InChI=1S/C17H23F3N2O2/c1-12(14-3-5-15(6-4-14)17(18,19)20)10-22-7-8-24-16(11-22)9-21-13(2)23/h3-6,12,16H,7-11H2,1-2H3,(H,21,23). The van der Waals surface area contributed by atoms with Crippen molar-refractivity contribution >= 4 is 5.91 Å². The van der Waals surface area contributed by atoms with E-state index in [1.807, 2.05) is 6.92 Å². The van der Waals surface area contributed by atoms with Crippen LogP contribution in [-0.4, -0.2) is 49.7 Å². The lowest BCUT2D eigenvalue weighted by atomic mass is 9.98. The first-order chi connectivity index (χ1) is 11.3. The summed E-state index contributed by atoms with van der Waals surface area (Å²) in [6.07, 6.45) is -4.36. The summed E-state index contributed by atoms with van der Waals surface area (Å²) in [5, 5.41) is 2.74. The van der Waals surface area contributed by atoms with Crippen molar-refractivity contribution in [2.45, 2.75) is 32.0 Å². The minimum Gasteiger partial charge on any atom is -0.374 e. The van der Waals surface area contributed by atoms with Crippen molar-refractivity contribution in [3.8, 4) is 0 Å². The van der Waals surface area contributed by atoms with E-state index in [0.717, 1.165) is 30.8 Å². The molecule has 4 nitrogen and oxygen atoms in total. The third-order valence-electron chi connectivity index (χ3n) is 4.14. The molecule has 1 saturated heterocycles. The first-order valence-electron chi connectivity index (χ1n) is 8.01. The van der Waals surface area contributed by atoms with E-state index in [-0.39, 0.29) is 17.9 Å². The van der Waals surface area contributed by atoms with Crippen molar-refractivity contribution in [1.29, 1.82) is 0 Å². The van der Waals surface area contributed by atoms with Crippen molar-refractivity contribution in [2.24, 2.45) is 0 Å². The highest BCUT2D eigenvalue weighted by Crippen LogP contribution is 2.30. The number of hydrogen-bond acceptors (Lipinski definition) is 3. The lowest BCUT2D eigenvalue weighted by Crippen LogP contribution is -2.48. The molecule has 1 heterocycles. The number of alkyl halides is 3. The SMILES string of the molecule is CC(=O)NCC1CN(CC(C)c2ccc(C(F)(F)F)cc2)CCO1. The number of halogens is 3. The van der Waals surface area contributed by atoms with Crippen LogP contribution in [0.3, 0.4) is 0 Å². The summed E-state index contributed by atoms with van der Waals surface area (Å²) in [5.74, 6) is 0.0284. The van der Waals surface area contributed by atoms with Crippen LogP contribution in [0.2, 0.25) is 0 Å². The number of ether oxygens (including phenoxy) is 1. The predicted octanol–water partition coefficient (Wildman–Crippen LogP) is 2.65. The monoisotopic (exact) mass is 344 g/mol. The molecule has 0 radical (unpaired) electrons. The van der Waals surface area contributed by atoms with Crippen molar-refractivity contribution < 1.29 is 22.7 Å². The Morgan fingerprint density at radius 2 is 2.04 bits per heavy atom. The summed E-state index contributed by atoms with van der Waals surface area (Å²) in [7, 11) is 0. The van der Waals surface area contributed by atoms with E-state index in [1.54, 1.807) is 12.1 Å². The topological polar surface area (TPSA) is 41.6 Å². The number of nitrogens with one attached hydrogen (secondary N) is 1. The van der Waals surface area contributed by atoms with Crippen molar-refractivity contribution in [3.05, 3.63) is 35.4 Å². The molecule has 1 aromatic carbocycles. The smallest absolute Gasteiger partial charge is 0.374 e. The predicted molar refractivity (Wildman–Crippen MR) is 84.7 cm³/mol. The highest BCUT2D eigenvalue weighted by molar-refractivity contribution is 5.72. The average molecular weight is 344 g/mol. The average Bonchev–Trinajstić information content (AvgIpc) is 2.52. The van der Waals surface area contributed by atoms with Gasteiger partial charge in [-0.25, -0.2) is 0 Å². The largest absolute Gasteiger partial charge is 0.416 e. The lowest BCUT2D eigenvalue weighted by Gasteiger charge is -2.34. The Bertz CT molecular complexity index is 546. The maximum Gasteiger partial charge on any atom is 0.416 e. The Morgan fingerprint density at radius 1 is 1.38 bits per heavy atom. The summed E-state index contributed by atoms with van der Waals surface area (Å²) in [6.45, 7) is 6.75. The zero-order valence-corrected chi connectivity index (χ0v) is 13.9. The van der Waals surface area contributed by atoms with Gasteiger partial charge in [-0.1, -0.05) is 19.1 Å². The Morgan fingerprint density at radius 3 is 2.62 bits per heavy atom. The minimum absolute atomic E-state index is 0.0533. The molecule has 1 aliphatic rings. The molecule has 1 fully saturated rings. The second-order valence-electron chi connectivity index (χ2n) is 6.21. The number of benzene rings is 1. The van der Waals surface area contributed by atoms with Gasteiger partial charge in [-0.3, -0.25) is 9.69 Å². The van der Waals surface area contributed by atoms with Crippen molar-refractivity contribution in [1.82, 2.24) is 10.2 Å². The second kappa shape index (κ2) is 7.98. The van der Waals surface area contributed by atoms with Gasteiger partial charge in [0, 0.05) is 33.1 Å². The quantitative estimate of drug-likeness (QED) is 0.893. The molecule has 0 saturated carbocycles. The van der Waals surface area contributed by atoms with Crippen molar-refractivity contribution in [2.75, 3.05) is 32.8 Å². The molecule has 1 amide bonds. The molecule has 0 spiro atoms. The van der Waals surface area contributed by atoms with Crippen LogP contribution in [-0.2, 0) is 15.7 Å². The van der Waals surface area contributed by atoms with E-state index >= 15 is 0 Å². The second-order valence-corrected chi connectivity index (χ2v) is 6.21. The van der Waals surface area contributed by atoms with Crippen LogP contribution in [0.25, 0.3) is 0 Å². The minimum atomic E-state index is -4.30. The summed E-state index contributed by atoms with van der Waals surface area (Å²) >= 11 is 0. The molecule has 1 N–H and O–H groups in total. The number of morpholine rings is 1. The van der Waals surface area contributed by atoms with Crippen LogP contribution in [0.1, 0.15) is 30.9 Å². The van der Waals surface area contributed by atoms with Gasteiger partial charge in [0.15, 0.2) is 0 Å². The van der Waals surface area contributed by atoms with Crippen LogP contribution in [0.5, 0.6) is 0 Å². The van der Waals surface area contributed by atoms with E-state index in [9.17, 15) is 18.0 Å². The van der Waals surface area contributed by atoms with Gasteiger partial charge in [-0.2, -0.15) is 13.2 Å². The molecular weight excluding hydrogens is 321 g/mol. The third-order valence-corrected chi connectivity index (χ3v) is 4.14. The summed E-state index contributed by atoms with van der Waals surface area (Å²) < 4.78 is 43.5. The molecule has 0 aliphatic carbocycles. The normalized spacial score (nSPS) is 20.6. The molecule has 7 heteroatoms. The fourth-order valence-corrected chi connectivity index (χ4v) is 2.82. The van der Waals surface area contributed by atoms with E-state index in [1.165, 1.54) is 6.92 Å². The van der Waals surface area contributed by atoms with Crippen molar-refractivity contribution in [3.63, 3.8) is 0 Å². The maximum atomic E-state index is 12.6. The van der Waals surface area contributed by atoms with Crippen LogP contribution < -0.4 is 5.32 Å². The molecule has 0 bridgehead atoms. The lowest BCUT2D eigenvalue weighted by molar-refractivity contribution is -0.137. The third kappa shape index (κ3) is 5.49. The van der Waals surface area contributed by atoms with Gasteiger partial charge in [-0.15, -0.1) is 0 Å². The van der Waals surface area contributed by atoms with Gasteiger partial charge in [0.1, 0.15) is 0 Å². The van der Waals surface area contributed by atoms with Gasteiger partial charge < -0.3 is 10.1 Å². The van der Waals surface area contributed by atoms with Gasteiger partial charge in [0.05, 0.1) is 18.3 Å². The molecule has 0 aromatic heterocycles. The molecule has 2 unspecified atom stereocenters. The van der Waals surface area contributed by atoms with Crippen LogP contribution >= 0.6 is 0 Å². The number of hydrogen-bond donors (Lipinski definition) is 1. The maximum absolute atomic E-state index is 12.6. The molecule has 1 aliphatic heterocycles. The Labute approximate surface area is 140 Å². The fourth-order valence-electron chi connectivity index (χ4n) is 2.82. The molecule has 2 rings (SSSR count). The fraction of sp³-hybridized carbons (Fsp3) is 0.588. The first kappa shape index (κ1) is 18.7. The highest BCUT2D eigenvalue weighted by Gasteiger charge is 2.30. The molecule has 134 valence electrons. The zero-order chi connectivity index (χ0) is 17.7. The molecule has 2 atom stereocenters. The molecular formula is C17H23F3N2O2. The highest BCUT2D eigenvalue weighted by atomic mass is 19.4. The number of carbonyl (C=O) groups excluding carboxylic acids is 1. The van der Waals surface area contributed by atoms with E-state index < -0.39 is 11.7 Å². The zero-order valence-electron chi connectivity index (χ0n) is 13.9. The van der Waals surface area contributed by atoms with E-state index in [2.05, 4.69) is 10.2 Å². The number of nitrogens with zero attached hydrogens (tertiary/aromatic N) is 1. The Kier molecular flexibility index (Phi) is 6.23. The number of carbonyl (C=O) groups is 1. The van der Waals surface area contributed by atoms with E-state index in [4.69, 9.17) is 4.74 Å². The number of amides is 1. The van der Waals surface area contributed by atoms with Gasteiger partial charge >= 0.3 is 6.18 Å². The van der Waals surface area contributed by atoms with Crippen LogP contribution in [0, 0.1) is 0 Å². The summed E-state index contributed by atoms with van der Waals surface area (Å²) in [6, 6.07) is 5.35. The van der Waals surface area contributed by atoms with Gasteiger partial charge in [0.2, 0.25) is 5.91 Å². The van der Waals surface area contributed by atoms with Gasteiger partial charge in [-0.05, 0) is 23.6 Å². The van der Waals surface area contributed by atoms with Gasteiger partial charge in [0.25, 0.3) is 0 Å². The molecule has 24 heavy (non-hydrogen) atoms. The molecule has 1 aromatic rings. The summed E-state index contributed by atoms with van der Waals surface area (Å²) in [4.78, 5) is 13.2. The van der Waals surface area contributed by atoms with Crippen LogP contribution in [0.15, 0.2) is 24.3 Å².